The smallest absolute Gasteiger partial charge is 0.310 e. The summed E-state index contributed by atoms with van der Waals surface area (Å²) in [5, 5.41) is 0. The number of hydrogen-bond donors (Lipinski definition) is 0. The van der Waals surface area contributed by atoms with E-state index < -0.39 is 48.2 Å². The average molecular weight is 625 g/mol. The van der Waals surface area contributed by atoms with E-state index in [0.29, 0.717) is 27.5 Å². The summed E-state index contributed by atoms with van der Waals surface area (Å²) in [7, 11) is 3.15. The molecule has 5 atom stereocenters. The lowest BCUT2D eigenvalue weighted by molar-refractivity contribution is -0.242. The fraction of sp³-hybridized carbons (Fsp3) is 0.455. The standard InChI is InChI=1S/C33H36O10S/c1-32(2)40-27-23(39-31-29(28(27)41-32)42-33(3,4)43-31)17-38-25(34)16-20-15-24(26(35)19-8-7-9-22(14-19)37-6)44-30(20)18-10-12-21(36-5)13-11-18/h7-15,23,27-29,31H,16-17H2,1-6H3/t23?,27-,28-,29-,31-/m0/s1. The van der Waals surface area contributed by atoms with Crippen LogP contribution in [0, 0.1) is 0 Å². The molecule has 234 valence electrons. The molecule has 1 aromatic heterocycles. The fourth-order valence-corrected chi connectivity index (χ4v) is 6.92. The Morgan fingerprint density at radius 2 is 1.50 bits per heavy atom. The maximum Gasteiger partial charge on any atom is 0.310 e. The second-order valence-corrected chi connectivity index (χ2v) is 12.9. The van der Waals surface area contributed by atoms with Crippen LogP contribution in [0.3, 0.4) is 0 Å². The maximum absolute atomic E-state index is 13.5. The van der Waals surface area contributed by atoms with E-state index in [1.54, 1.807) is 44.6 Å². The highest BCUT2D eigenvalue weighted by Gasteiger charge is 2.60. The SMILES string of the molecule is COc1ccc(-c2sc(C(=O)c3cccc(OC)c3)cc2CC(=O)OCC2O[C@H]3OC(C)(C)O[C@H]3[C@H]3OC(C)(C)O[C@@H]23)cc1. The Morgan fingerprint density at radius 1 is 0.818 bits per heavy atom. The molecule has 44 heavy (non-hydrogen) atoms. The monoisotopic (exact) mass is 624 g/mol. The number of ketones is 1. The average Bonchev–Trinajstić information content (AvgIpc) is 3.66. The van der Waals surface area contributed by atoms with Crippen molar-refractivity contribution in [3.63, 3.8) is 0 Å². The van der Waals surface area contributed by atoms with Crippen LogP contribution in [-0.4, -0.2) is 74.9 Å². The number of benzene rings is 2. The van der Waals surface area contributed by atoms with Crippen LogP contribution < -0.4 is 9.47 Å². The molecule has 4 heterocycles. The number of hydrogen-bond acceptors (Lipinski definition) is 11. The molecule has 0 radical (unpaired) electrons. The number of methoxy groups -OCH3 is 2. The lowest BCUT2D eigenvalue weighted by Crippen LogP contribution is -2.56. The first kappa shape index (κ1) is 30.7. The van der Waals surface area contributed by atoms with Gasteiger partial charge in [-0.3, -0.25) is 9.59 Å². The highest BCUT2D eigenvalue weighted by molar-refractivity contribution is 7.17. The van der Waals surface area contributed by atoms with Gasteiger partial charge in [-0.2, -0.15) is 0 Å². The number of fused-ring (bicyclic) bond motifs is 3. The van der Waals surface area contributed by atoms with Crippen LogP contribution in [0.5, 0.6) is 11.5 Å². The van der Waals surface area contributed by atoms with E-state index in [4.69, 9.17) is 37.9 Å². The van der Waals surface area contributed by atoms with Crippen molar-refractivity contribution < 1.29 is 47.5 Å². The summed E-state index contributed by atoms with van der Waals surface area (Å²) in [5.41, 5.74) is 2.02. The summed E-state index contributed by atoms with van der Waals surface area (Å²) in [6.07, 6.45) is -2.79. The maximum atomic E-state index is 13.5. The van der Waals surface area contributed by atoms with E-state index in [2.05, 4.69) is 0 Å². The molecule has 0 N–H and O–H groups in total. The van der Waals surface area contributed by atoms with Gasteiger partial charge in [-0.15, -0.1) is 11.3 Å². The lowest BCUT2D eigenvalue weighted by Gasteiger charge is -2.36. The zero-order valence-electron chi connectivity index (χ0n) is 25.5. The summed E-state index contributed by atoms with van der Waals surface area (Å²) >= 11 is 1.32. The molecule has 0 bridgehead atoms. The van der Waals surface area contributed by atoms with Gasteiger partial charge >= 0.3 is 5.97 Å². The Morgan fingerprint density at radius 3 is 2.23 bits per heavy atom. The van der Waals surface area contributed by atoms with Crippen molar-refractivity contribution in [3.05, 3.63) is 70.6 Å². The largest absolute Gasteiger partial charge is 0.497 e. The van der Waals surface area contributed by atoms with Crippen molar-refractivity contribution in [1.82, 2.24) is 0 Å². The van der Waals surface area contributed by atoms with E-state index in [1.807, 2.05) is 52.0 Å². The molecular formula is C33H36O10S. The molecule has 3 saturated heterocycles. The molecule has 0 amide bonds. The minimum absolute atomic E-state index is 0.0500. The zero-order valence-corrected chi connectivity index (χ0v) is 26.3. The lowest BCUT2D eigenvalue weighted by atomic mass is 9.99. The van der Waals surface area contributed by atoms with E-state index in [1.165, 1.54) is 11.3 Å². The van der Waals surface area contributed by atoms with Crippen molar-refractivity contribution in [1.29, 1.82) is 0 Å². The van der Waals surface area contributed by atoms with Gasteiger partial charge in [0.1, 0.15) is 42.5 Å². The topological polar surface area (TPSA) is 108 Å². The summed E-state index contributed by atoms with van der Waals surface area (Å²) in [6.45, 7) is 7.21. The molecule has 6 rings (SSSR count). The molecule has 3 aliphatic heterocycles. The van der Waals surface area contributed by atoms with Crippen molar-refractivity contribution >= 4 is 23.1 Å². The second kappa shape index (κ2) is 11.9. The van der Waals surface area contributed by atoms with Crippen molar-refractivity contribution in [2.45, 2.75) is 76.4 Å². The minimum Gasteiger partial charge on any atom is -0.497 e. The normalized spacial score (nSPS) is 26.5. The zero-order chi connectivity index (χ0) is 31.2. The predicted octanol–water partition coefficient (Wildman–Crippen LogP) is 5.15. The molecule has 0 spiro atoms. The Kier molecular flexibility index (Phi) is 8.29. The molecule has 10 nitrogen and oxygen atoms in total. The van der Waals surface area contributed by atoms with Gasteiger partial charge in [0.2, 0.25) is 5.78 Å². The summed E-state index contributed by atoms with van der Waals surface area (Å²) in [4.78, 5) is 28.1. The number of thiophene rings is 1. The quantitative estimate of drug-likeness (QED) is 0.234. The molecule has 0 aliphatic carbocycles. The third kappa shape index (κ3) is 6.26. The molecule has 3 aromatic rings. The van der Waals surface area contributed by atoms with Crippen LogP contribution in [-0.2, 0) is 39.6 Å². The van der Waals surface area contributed by atoms with Crippen molar-refractivity contribution in [2.75, 3.05) is 20.8 Å². The molecule has 11 heteroatoms. The Balaban J connectivity index is 1.21. The van der Waals surface area contributed by atoms with Crippen LogP contribution >= 0.6 is 11.3 Å². The summed E-state index contributed by atoms with van der Waals surface area (Å²) < 4.78 is 46.8. The van der Waals surface area contributed by atoms with Crippen LogP contribution in [0.2, 0.25) is 0 Å². The van der Waals surface area contributed by atoms with Crippen LogP contribution in [0.4, 0.5) is 0 Å². The summed E-state index contributed by atoms with van der Waals surface area (Å²) in [5.74, 6) is -1.05. The first-order valence-electron chi connectivity index (χ1n) is 14.4. The van der Waals surface area contributed by atoms with E-state index in [-0.39, 0.29) is 18.8 Å². The number of ether oxygens (including phenoxy) is 8. The van der Waals surface area contributed by atoms with Gasteiger partial charge in [0.25, 0.3) is 0 Å². The van der Waals surface area contributed by atoms with Crippen LogP contribution in [0.25, 0.3) is 10.4 Å². The van der Waals surface area contributed by atoms with Crippen molar-refractivity contribution in [2.24, 2.45) is 0 Å². The van der Waals surface area contributed by atoms with E-state index >= 15 is 0 Å². The minimum atomic E-state index is -0.860. The molecule has 3 fully saturated rings. The predicted molar refractivity (Wildman–Crippen MR) is 160 cm³/mol. The number of carbonyl (C=O) groups is 2. The highest BCUT2D eigenvalue weighted by Crippen LogP contribution is 2.44. The van der Waals surface area contributed by atoms with E-state index in [9.17, 15) is 9.59 Å². The van der Waals surface area contributed by atoms with Gasteiger partial charge in [-0.25, -0.2) is 0 Å². The molecule has 3 aliphatic rings. The summed E-state index contributed by atoms with van der Waals surface area (Å²) in [6, 6.07) is 16.2. The Labute approximate surface area is 260 Å². The van der Waals surface area contributed by atoms with Gasteiger partial charge < -0.3 is 37.9 Å². The Bertz CT molecular complexity index is 1530. The number of rotatable bonds is 9. The van der Waals surface area contributed by atoms with Crippen LogP contribution in [0.1, 0.15) is 48.5 Å². The number of carbonyl (C=O) groups excluding carboxylic acids is 2. The Hall–Kier alpha value is -3.32. The van der Waals surface area contributed by atoms with Gasteiger partial charge in [0.05, 0.1) is 25.5 Å². The molecular weight excluding hydrogens is 588 g/mol. The fourth-order valence-electron chi connectivity index (χ4n) is 5.77. The van der Waals surface area contributed by atoms with Gasteiger partial charge in [-0.05, 0) is 81.3 Å². The molecule has 1 unspecified atom stereocenters. The molecule has 0 saturated carbocycles. The molecule has 2 aromatic carbocycles. The van der Waals surface area contributed by atoms with Crippen molar-refractivity contribution in [3.8, 4) is 21.9 Å². The van der Waals surface area contributed by atoms with Gasteiger partial charge in [0.15, 0.2) is 17.9 Å². The first-order chi connectivity index (χ1) is 20.9. The first-order valence-corrected chi connectivity index (χ1v) is 15.3. The number of esters is 1. The third-order valence-corrected chi connectivity index (χ3v) is 8.94. The highest BCUT2D eigenvalue weighted by atomic mass is 32.1. The second-order valence-electron chi connectivity index (χ2n) is 11.8. The third-order valence-electron chi connectivity index (χ3n) is 7.71. The van der Waals surface area contributed by atoms with Gasteiger partial charge in [-0.1, -0.05) is 12.1 Å². The van der Waals surface area contributed by atoms with E-state index in [0.717, 1.165) is 10.4 Å². The van der Waals surface area contributed by atoms with Crippen LogP contribution in [0.15, 0.2) is 54.6 Å². The van der Waals surface area contributed by atoms with Gasteiger partial charge in [0, 0.05) is 10.4 Å².